The zero-order valence-electron chi connectivity index (χ0n) is 13.5. The highest BCUT2D eigenvalue weighted by Gasteiger charge is 2.30. The number of nitrogens with zero attached hydrogens (tertiary/aromatic N) is 2. The maximum Gasteiger partial charge on any atom is 0.112 e. The van der Waals surface area contributed by atoms with Crippen molar-refractivity contribution in [2.75, 3.05) is 20.1 Å². The van der Waals surface area contributed by atoms with Crippen LogP contribution in [-0.2, 0) is 5.41 Å². The second-order valence-corrected chi connectivity index (χ2v) is 7.40. The van der Waals surface area contributed by atoms with Crippen molar-refractivity contribution in [3.8, 4) is 0 Å². The molecule has 114 valence electrons. The van der Waals surface area contributed by atoms with Gasteiger partial charge in [0.25, 0.3) is 0 Å². The molecule has 0 radical (unpaired) electrons. The highest BCUT2D eigenvalue weighted by molar-refractivity contribution is 5.76. The fourth-order valence-electron chi connectivity index (χ4n) is 3.26. The Bertz CT molecular complexity index is 638. The van der Waals surface area contributed by atoms with Crippen LogP contribution in [0.4, 0.5) is 0 Å². The Morgan fingerprint density at radius 2 is 2.14 bits per heavy atom. The van der Waals surface area contributed by atoms with Gasteiger partial charge < -0.3 is 10.7 Å². The van der Waals surface area contributed by atoms with Crippen molar-refractivity contribution in [2.24, 2.45) is 11.7 Å². The van der Waals surface area contributed by atoms with Gasteiger partial charge in [-0.3, -0.25) is 4.90 Å². The molecule has 4 nitrogen and oxygen atoms in total. The molecule has 21 heavy (non-hydrogen) atoms. The number of hydrogen-bond donors (Lipinski definition) is 2. The highest BCUT2D eigenvalue weighted by Crippen LogP contribution is 2.35. The molecule has 1 saturated heterocycles. The molecule has 0 aliphatic carbocycles. The third kappa shape index (κ3) is 2.70. The standard InChI is InChI=1S/C17H26N4/c1-17(2,3)16-19-13-6-5-12(8-14(13)20-16)15-7-11(9-18)10-21(15)4/h5-6,8,11,15H,7,9-10,18H2,1-4H3,(H,19,20). The Morgan fingerprint density at radius 1 is 1.38 bits per heavy atom. The number of hydrogen-bond acceptors (Lipinski definition) is 3. The Labute approximate surface area is 126 Å². The number of fused-ring (bicyclic) bond motifs is 1. The van der Waals surface area contributed by atoms with Crippen molar-refractivity contribution in [3.05, 3.63) is 29.6 Å². The van der Waals surface area contributed by atoms with Crippen LogP contribution in [-0.4, -0.2) is 35.0 Å². The quantitative estimate of drug-likeness (QED) is 0.892. The van der Waals surface area contributed by atoms with E-state index in [9.17, 15) is 0 Å². The number of nitrogens with two attached hydrogens (primary N) is 1. The fourth-order valence-corrected chi connectivity index (χ4v) is 3.26. The van der Waals surface area contributed by atoms with E-state index in [4.69, 9.17) is 10.7 Å². The third-order valence-electron chi connectivity index (χ3n) is 4.57. The normalized spacial score (nSPS) is 24.0. The SMILES string of the molecule is CN1CC(CN)CC1c1ccc2nc(C(C)(C)C)[nH]c2c1. The first-order chi connectivity index (χ1) is 9.88. The van der Waals surface area contributed by atoms with Gasteiger partial charge in [0.05, 0.1) is 11.0 Å². The zero-order chi connectivity index (χ0) is 15.2. The van der Waals surface area contributed by atoms with Crippen molar-refractivity contribution in [3.63, 3.8) is 0 Å². The van der Waals surface area contributed by atoms with Gasteiger partial charge >= 0.3 is 0 Å². The van der Waals surface area contributed by atoms with Gasteiger partial charge in [-0.05, 0) is 43.6 Å². The van der Waals surface area contributed by atoms with Crippen LogP contribution in [0.5, 0.6) is 0 Å². The highest BCUT2D eigenvalue weighted by atomic mass is 15.2. The molecule has 2 atom stereocenters. The Morgan fingerprint density at radius 3 is 2.76 bits per heavy atom. The Balaban J connectivity index is 1.94. The van der Waals surface area contributed by atoms with Gasteiger partial charge in [-0.25, -0.2) is 4.98 Å². The van der Waals surface area contributed by atoms with Crippen molar-refractivity contribution >= 4 is 11.0 Å². The van der Waals surface area contributed by atoms with Crippen LogP contribution in [0.1, 0.15) is 44.6 Å². The van der Waals surface area contributed by atoms with Crippen LogP contribution in [0.2, 0.25) is 0 Å². The molecular weight excluding hydrogens is 260 g/mol. The van der Waals surface area contributed by atoms with Gasteiger partial charge in [0.15, 0.2) is 0 Å². The maximum atomic E-state index is 5.84. The van der Waals surface area contributed by atoms with E-state index in [1.165, 1.54) is 5.56 Å². The molecule has 2 aromatic rings. The summed E-state index contributed by atoms with van der Waals surface area (Å²) in [6, 6.07) is 7.09. The number of aromatic nitrogens is 2. The predicted molar refractivity (Wildman–Crippen MR) is 87.3 cm³/mol. The molecule has 1 aromatic carbocycles. The second kappa shape index (κ2) is 5.11. The van der Waals surface area contributed by atoms with E-state index in [-0.39, 0.29) is 5.41 Å². The lowest BCUT2D eigenvalue weighted by atomic mass is 9.96. The topological polar surface area (TPSA) is 57.9 Å². The first kappa shape index (κ1) is 14.5. The number of H-pyrrole nitrogens is 1. The minimum atomic E-state index is 0.0496. The van der Waals surface area contributed by atoms with Gasteiger partial charge in [-0.2, -0.15) is 0 Å². The molecule has 3 rings (SSSR count). The molecule has 0 saturated carbocycles. The summed E-state index contributed by atoms with van der Waals surface area (Å²) in [5.74, 6) is 1.66. The number of nitrogens with one attached hydrogen (secondary N) is 1. The van der Waals surface area contributed by atoms with E-state index in [1.54, 1.807) is 0 Å². The average Bonchev–Trinajstić information content (AvgIpc) is 3.00. The fraction of sp³-hybridized carbons (Fsp3) is 0.588. The molecule has 1 aliphatic rings. The summed E-state index contributed by atoms with van der Waals surface area (Å²) < 4.78 is 0. The largest absolute Gasteiger partial charge is 0.342 e. The lowest BCUT2D eigenvalue weighted by molar-refractivity contribution is 0.314. The average molecular weight is 286 g/mol. The number of benzene rings is 1. The first-order valence-corrected chi connectivity index (χ1v) is 7.79. The number of aromatic amines is 1. The van der Waals surface area contributed by atoms with Crippen molar-refractivity contribution < 1.29 is 0 Å². The molecule has 1 aromatic heterocycles. The minimum absolute atomic E-state index is 0.0496. The van der Waals surface area contributed by atoms with E-state index >= 15 is 0 Å². The van der Waals surface area contributed by atoms with Gasteiger partial charge in [0.2, 0.25) is 0 Å². The van der Waals surface area contributed by atoms with Crippen LogP contribution < -0.4 is 5.73 Å². The summed E-state index contributed by atoms with van der Waals surface area (Å²) in [5.41, 5.74) is 9.45. The number of likely N-dealkylation sites (tertiary alicyclic amines) is 1. The minimum Gasteiger partial charge on any atom is -0.342 e. The lowest BCUT2D eigenvalue weighted by Gasteiger charge is -2.19. The smallest absolute Gasteiger partial charge is 0.112 e. The van der Waals surface area contributed by atoms with Crippen LogP contribution in [0.25, 0.3) is 11.0 Å². The van der Waals surface area contributed by atoms with E-state index in [1.807, 2.05) is 0 Å². The van der Waals surface area contributed by atoms with Crippen LogP contribution in [0.15, 0.2) is 18.2 Å². The van der Waals surface area contributed by atoms with Crippen molar-refractivity contribution in [2.45, 2.75) is 38.6 Å². The predicted octanol–water partition coefficient (Wildman–Crippen LogP) is 2.81. The summed E-state index contributed by atoms with van der Waals surface area (Å²) in [6.45, 7) is 8.42. The van der Waals surface area contributed by atoms with Crippen molar-refractivity contribution in [1.82, 2.24) is 14.9 Å². The molecule has 0 spiro atoms. The van der Waals surface area contributed by atoms with Gasteiger partial charge in [0, 0.05) is 18.0 Å². The van der Waals surface area contributed by atoms with E-state index in [2.05, 4.69) is 55.9 Å². The van der Waals surface area contributed by atoms with Crippen LogP contribution in [0, 0.1) is 5.92 Å². The summed E-state index contributed by atoms with van der Waals surface area (Å²) in [5, 5.41) is 0. The molecule has 0 amide bonds. The van der Waals surface area contributed by atoms with Gasteiger partial charge in [-0.1, -0.05) is 26.8 Å². The first-order valence-electron chi connectivity index (χ1n) is 7.79. The summed E-state index contributed by atoms with van der Waals surface area (Å²) in [7, 11) is 2.19. The third-order valence-corrected chi connectivity index (χ3v) is 4.57. The van der Waals surface area contributed by atoms with E-state index < -0.39 is 0 Å². The second-order valence-electron chi connectivity index (χ2n) is 7.40. The molecule has 1 aliphatic heterocycles. The number of imidazole rings is 1. The van der Waals surface area contributed by atoms with Crippen LogP contribution in [0.3, 0.4) is 0 Å². The lowest BCUT2D eigenvalue weighted by Crippen LogP contribution is -2.20. The monoisotopic (exact) mass is 286 g/mol. The van der Waals surface area contributed by atoms with E-state index in [0.29, 0.717) is 12.0 Å². The Kier molecular flexibility index (Phi) is 3.54. The van der Waals surface area contributed by atoms with Crippen molar-refractivity contribution in [1.29, 1.82) is 0 Å². The van der Waals surface area contributed by atoms with Gasteiger partial charge in [0.1, 0.15) is 5.82 Å². The molecule has 1 fully saturated rings. The maximum absolute atomic E-state index is 5.84. The Hall–Kier alpha value is -1.39. The zero-order valence-corrected chi connectivity index (χ0v) is 13.5. The summed E-state index contributed by atoms with van der Waals surface area (Å²) >= 11 is 0. The summed E-state index contributed by atoms with van der Waals surface area (Å²) in [6.07, 6.45) is 1.15. The molecule has 0 bridgehead atoms. The summed E-state index contributed by atoms with van der Waals surface area (Å²) in [4.78, 5) is 10.6. The molecular formula is C17H26N4. The van der Waals surface area contributed by atoms with E-state index in [0.717, 1.165) is 36.4 Å². The molecule has 2 unspecified atom stereocenters. The van der Waals surface area contributed by atoms with Crippen LogP contribution >= 0.6 is 0 Å². The molecule has 4 heteroatoms. The van der Waals surface area contributed by atoms with Gasteiger partial charge in [-0.15, -0.1) is 0 Å². The molecule has 3 N–H and O–H groups in total. The molecule has 2 heterocycles. The number of rotatable bonds is 2.